The molecule has 0 atom stereocenters. The number of phenols is 11. The molecule has 5 aromatic carbocycles. The standard InChI is InChI=1S/C30H22O15/c31-12-1-13(32)3-17(2-12)42-29-21(38)6-15(34)8-25(29)45-28-23(40)10-18(11-24(28)41)43-30-22(39)7-16(35)9-26(30)44-27-19(36)4-14(33)5-20(27)37/h1-11,31-41H. The summed E-state index contributed by atoms with van der Waals surface area (Å²) in [6.07, 6.45) is 0. The van der Waals surface area contributed by atoms with Gasteiger partial charge < -0.3 is 75.1 Å². The van der Waals surface area contributed by atoms with Crippen LogP contribution in [0, 0.1) is 0 Å². The van der Waals surface area contributed by atoms with Gasteiger partial charge in [0.2, 0.25) is 23.0 Å². The summed E-state index contributed by atoms with van der Waals surface area (Å²) >= 11 is 0. The van der Waals surface area contributed by atoms with Crippen LogP contribution in [-0.4, -0.2) is 56.2 Å². The molecule has 0 bridgehead atoms. The first-order valence-electron chi connectivity index (χ1n) is 12.4. The number of hydrogen-bond donors (Lipinski definition) is 11. The first kappa shape index (κ1) is 29.6. The van der Waals surface area contributed by atoms with Crippen LogP contribution in [-0.2, 0) is 0 Å². The smallest absolute Gasteiger partial charge is 0.211 e. The molecular formula is C30H22O15. The predicted octanol–water partition coefficient (Wildman–Crippen LogP) is 5.62. The maximum absolute atomic E-state index is 10.7. The van der Waals surface area contributed by atoms with Gasteiger partial charge >= 0.3 is 0 Å². The van der Waals surface area contributed by atoms with Crippen LogP contribution >= 0.6 is 0 Å². The molecule has 5 rings (SSSR count). The van der Waals surface area contributed by atoms with E-state index >= 15 is 0 Å². The van der Waals surface area contributed by atoms with Crippen molar-refractivity contribution in [2.24, 2.45) is 0 Å². The van der Waals surface area contributed by atoms with Crippen molar-refractivity contribution in [3.05, 3.63) is 66.7 Å². The fraction of sp³-hybridized carbons (Fsp3) is 0. The molecule has 0 aliphatic heterocycles. The summed E-state index contributed by atoms with van der Waals surface area (Å²) < 4.78 is 22.1. The Hall–Kier alpha value is -6.90. The molecule has 0 radical (unpaired) electrons. The monoisotopic (exact) mass is 622 g/mol. The van der Waals surface area contributed by atoms with Crippen LogP contribution in [0.4, 0.5) is 0 Å². The second-order valence-corrected chi connectivity index (χ2v) is 9.28. The van der Waals surface area contributed by atoms with Gasteiger partial charge in [-0.1, -0.05) is 0 Å². The van der Waals surface area contributed by atoms with Crippen molar-refractivity contribution in [2.45, 2.75) is 0 Å². The average molecular weight is 622 g/mol. The number of phenolic OH excluding ortho intramolecular Hbond substituents is 11. The highest BCUT2D eigenvalue weighted by Gasteiger charge is 2.23. The summed E-state index contributed by atoms with van der Waals surface area (Å²) in [5.74, 6) is -10.2. The Balaban J connectivity index is 1.47. The second kappa shape index (κ2) is 11.4. The molecule has 0 amide bonds. The van der Waals surface area contributed by atoms with Gasteiger partial charge in [-0.2, -0.15) is 0 Å². The molecular weight excluding hydrogens is 600 g/mol. The first-order chi connectivity index (χ1) is 21.3. The summed E-state index contributed by atoms with van der Waals surface area (Å²) in [7, 11) is 0. The van der Waals surface area contributed by atoms with Gasteiger partial charge in [0, 0.05) is 66.7 Å². The lowest BCUT2D eigenvalue weighted by molar-refractivity contribution is 0.336. The Bertz CT molecular complexity index is 1870. The molecule has 0 heterocycles. The SMILES string of the molecule is Oc1cc(O)cc(Oc2c(O)cc(O)cc2Oc2c(O)cc(Oc3c(O)cc(O)cc3Oc3c(O)cc(O)cc3O)cc2O)c1. The molecule has 0 saturated heterocycles. The van der Waals surface area contributed by atoms with Crippen molar-refractivity contribution in [3.63, 3.8) is 0 Å². The van der Waals surface area contributed by atoms with E-state index in [2.05, 4.69) is 0 Å². The molecule has 0 saturated carbocycles. The van der Waals surface area contributed by atoms with Gasteiger partial charge in [0.25, 0.3) is 0 Å². The molecule has 0 aliphatic rings. The molecule has 0 spiro atoms. The van der Waals surface area contributed by atoms with Crippen LogP contribution in [0.1, 0.15) is 0 Å². The van der Waals surface area contributed by atoms with Crippen molar-refractivity contribution < 1.29 is 75.1 Å². The Kier molecular flexibility index (Phi) is 7.50. The fourth-order valence-corrected chi connectivity index (χ4v) is 4.01. The summed E-state index contributed by atoms with van der Waals surface area (Å²) in [4.78, 5) is 0. The van der Waals surface area contributed by atoms with Crippen molar-refractivity contribution in [1.29, 1.82) is 0 Å². The highest BCUT2D eigenvalue weighted by atomic mass is 16.5. The maximum atomic E-state index is 10.7. The molecule has 45 heavy (non-hydrogen) atoms. The summed E-state index contributed by atoms with van der Waals surface area (Å²) in [6.45, 7) is 0. The zero-order valence-electron chi connectivity index (χ0n) is 22.4. The lowest BCUT2D eigenvalue weighted by Gasteiger charge is -2.18. The zero-order chi connectivity index (χ0) is 32.6. The molecule has 0 fully saturated rings. The van der Waals surface area contributed by atoms with Gasteiger partial charge in [0.05, 0.1) is 0 Å². The van der Waals surface area contributed by atoms with E-state index in [0.29, 0.717) is 0 Å². The molecule has 0 aromatic heterocycles. The van der Waals surface area contributed by atoms with Gasteiger partial charge in [-0.3, -0.25) is 0 Å². The minimum Gasteiger partial charge on any atom is -0.508 e. The maximum Gasteiger partial charge on any atom is 0.211 e. The van der Waals surface area contributed by atoms with E-state index in [1.807, 2.05) is 0 Å². The Morgan fingerprint density at radius 3 is 0.956 bits per heavy atom. The predicted molar refractivity (Wildman–Crippen MR) is 151 cm³/mol. The van der Waals surface area contributed by atoms with E-state index in [4.69, 9.17) is 18.9 Å². The number of aromatic hydroxyl groups is 11. The van der Waals surface area contributed by atoms with E-state index in [0.717, 1.165) is 66.7 Å². The van der Waals surface area contributed by atoms with Crippen LogP contribution in [0.25, 0.3) is 0 Å². The van der Waals surface area contributed by atoms with E-state index in [1.54, 1.807) is 0 Å². The average Bonchev–Trinajstić information content (AvgIpc) is 2.91. The summed E-state index contributed by atoms with van der Waals surface area (Å²) in [5.41, 5.74) is 0. The largest absolute Gasteiger partial charge is 0.508 e. The Labute approximate surface area is 251 Å². The lowest BCUT2D eigenvalue weighted by Crippen LogP contribution is -1.94. The van der Waals surface area contributed by atoms with Crippen LogP contribution in [0.15, 0.2) is 66.7 Å². The minimum atomic E-state index is -0.775. The highest BCUT2D eigenvalue weighted by Crippen LogP contribution is 2.52. The normalized spacial score (nSPS) is 10.8. The highest BCUT2D eigenvalue weighted by molar-refractivity contribution is 5.64. The van der Waals surface area contributed by atoms with Crippen molar-refractivity contribution in [2.75, 3.05) is 0 Å². The van der Waals surface area contributed by atoms with Crippen molar-refractivity contribution >= 4 is 0 Å². The van der Waals surface area contributed by atoms with Gasteiger partial charge in [0.15, 0.2) is 46.0 Å². The fourth-order valence-electron chi connectivity index (χ4n) is 4.01. The Morgan fingerprint density at radius 2 is 0.556 bits per heavy atom. The number of ether oxygens (including phenoxy) is 4. The molecule has 5 aromatic rings. The molecule has 15 heteroatoms. The van der Waals surface area contributed by atoms with Crippen LogP contribution in [0.5, 0.6) is 109 Å². The van der Waals surface area contributed by atoms with E-state index in [1.165, 1.54) is 0 Å². The lowest BCUT2D eigenvalue weighted by atomic mass is 10.2. The third kappa shape index (κ3) is 6.31. The third-order valence-electron chi connectivity index (χ3n) is 5.84. The van der Waals surface area contributed by atoms with Crippen molar-refractivity contribution in [1.82, 2.24) is 0 Å². The third-order valence-corrected chi connectivity index (χ3v) is 5.84. The van der Waals surface area contributed by atoms with Gasteiger partial charge in [-0.15, -0.1) is 0 Å². The van der Waals surface area contributed by atoms with Crippen LogP contribution in [0.3, 0.4) is 0 Å². The zero-order valence-corrected chi connectivity index (χ0v) is 22.4. The molecule has 0 unspecified atom stereocenters. The van der Waals surface area contributed by atoms with Gasteiger partial charge in [-0.25, -0.2) is 0 Å². The second-order valence-electron chi connectivity index (χ2n) is 9.28. The molecule has 15 nitrogen and oxygen atoms in total. The number of hydrogen-bond acceptors (Lipinski definition) is 15. The minimum absolute atomic E-state index is 0.156. The number of rotatable bonds is 8. The van der Waals surface area contributed by atoms with Crippen LogP contribution < -0.4 is 18.9 Å². The topological polar surface area (TPSA) is 259 Å². The van der Waals surface area contributed by atoms with E-state index in [-0.39, 0.29) is 23.0 Å². The molecule has 232 valence electrons. The summed E-state index contributed by atoms with van der Waals surface area (Å²) in [5, 5.41) is 111. The van der Waals surface area contributed by atoms with Crippen molar-refractivity contribution in [3.8, 4) is 109 Å². The van der Waals surface area contributed by atoms with E-state index in [9.17, 15) is 56.2 Å². The summed E-state index contributed by atoms with van der Waals surface area (Å²) in [6, 6.07) is 10.4. The molecule has 11 N–H and O–H groups in total. The van der Waals surface area contributed by atoms with Gasteiger partial charge in [-0.05, 0) is 0 Å². The van der Waals surface area contributed by atoms with E-state index < -0.39 is 86.2 Å². The Morgan fingerprint density at radius 1 is 0.267 bits per heavy atom. The van der Waals surface area contributed by atoms with Gasteiger partial charge in [0.1, 0.15) is 40.2 Å². The quantitative estimate of drug-likeness (QED) is 0.100. The van der Waals surface area contributed by atoms with Crippen LogP contribution in [0.2, 0.25) is 0 Å². The molecule has 0 aliphatic carbocycles. The number of benzene rings is 5. The first-order valence-corrected chi connectivity index (χ1v) is 12.4.